The van der Waals surface area contributed by atoms with Gasteiger partial charge in [0.1, 0.15) is 18.1 Å². The van der Waals surface area contributed by atoms with Gasteiger partial charge in [-0.3, -0.25) is 0 Å². The van der Waals surface area contributed by atoms with Crippen LogP contribution in [0.3, 0.4) is 0 Å². The van der Waals surface area contributed by atoms with E-state index in [1.54, 1.807) is 12.1 Å². The molecule has 0 amide bonds. The fourth-order valence-electron chi connectivity index (χ4n) is 3.20. The number of phenols is 1. The predicted molar refractivity (Wildman–Crippen MR) is 79.2 cm³/mol. The molecule has 0 aromatic heterocycles. The number of hydrogen-bond donors (Lipinski definition) is 2. The van der Waals surface area contributed by atoms with Gasteiger partial charge >= 0.3 is 0 Å². The van der Waals surface area contributed by atoms with Crippen molar-refractivity contribution in [2.24, 2.45) is 0 Å². The lowest BCUT2D eigenvalue weighted by Crippen LogP contribution is -2.46. The maximum atomic E-state index is 9.48. The number of aromatic hydroxyl groups is 1. The number of nitrogens with zero attached hydrogens (tertiary/aromatic N) is 1. The third kappa shape index (κ3) is 2.76. The highest BCUT2D eigenvalue weighted by Gasteiger charge is 2.28. The van der Waals surface area contributed by atoms with Gasteiger partial charge in [0, 0.05) is 23.7 Å². The van der Waals surface area contributed by atoms with Crippen molar-refractivity contribution >= 4 is 0 Å². The highest BCUT2D eigenvalue weighted by molar-refractivity contribution is 5.44. The van der Waals surface area contributed by atoms with Crippen LogP contribution < -0.4 is 10.1 Å². The zero-order chi connectivity index (χ0) is 14.1. The highest BCUT2D eigenvalue weighted by Crippen LogP contribution is 2.35. The normalized spacial score (nSPS) is 23.9. The standard InChI is InChI=1S/C16H24N2O2/c1-11(2)18-7-5-12(6-8-18)17-15-10-20-16-9-13(19)3-4-14(15)16/h3-4,9,11-12,15,17,19H,5-8,10H2,1-2H3. The molecule has 0 saturated carbocycles. The van der Waals surface area contributed by atoms with Gasteiger partial charge in [0.2, 0.25) is 0 Å². The van der Waals surface area contributed by atoms with Gasteiger partial charge < -0.3 is 20.1 Å². The zero-order valence-electron chi connectivity index (χ0n) is 12.3. The summed E-state index contributed by atoms with van der Waals surface area (Å²) in [5.41, 5.74) is 1.18. The van der Waals surface area contributed by atoms with E-state index >= 15 is 0 Å². The van der Waals surface area contributed by atoms with Crippen molar-refractivity contribution in [3.05, 3.63) is 23.8 Å². The first-order chi connectivity index (χ1) is 9.63. The van der Waals surface area contributed by atoms with Crippen molar-refractivity contribution in [2.45, 2.75) is 44.8 Å². The van der Waals surface area contributed by atoms with Gasteiger partial charge in [0.05, 0.1) is 6.04 Å². The third-order valence-corrected chi connectivity index (χ3v) is 4.47. The smallest absolute Gasteiger partial charge is 0.127 e. The van der Waals surface area contributed by atoms with Gasteiger partial charge in [-0.05, 0) is 51.9 Å². The SMILES string of the molecule is CC(C)N1CCC(NC2COc3cc(O)ccc32)CC1. The number of fused-ring (bicyclic) bond motifs is 1. The number of nitrogens with one attached hydrogen (secondary N) is 1. The van der Waals surface area contributed by atoms with Gasteiger partial charge in [-0.15, -0.1) is 0 Å². The van der Waals surface area contributed by atoms with E-state index in [4.69, 9.17) is 4.74 Å². The highest BCUT2D eigenvalue weighted by atomic mass is 16.5. The van der Waals surface area contributed by atoms with E-state index in [0.29, 0.717) is 18.7 Å². The molecule has 1 saturated heterocycles. The molecule has 0 spiro atoms. The summed E-state index contributed by atoms with van der Waals surface area (Å²) < 4.78 is 5.66. The van der Waals surface area contributed by atoms with Crippen LogP contribution in [0.15, 0.2) is 18.2 Å². The first-order valence-electron chi connectivity index (χ1n) is 7.59. The molecular weight excluding hydrogens is 252 g/mol. The van der Waals surface area contributed by atoms with Gasteiger partial charge in [-0.2, -0.15) is 0 Å². The topological polar surface area (TPSA) is 44.7 Å². The number of rotatable bonds is 3. The van der Waals surface area contributed by atoms with Crippen molar-refractivity contribution in [3.63, 3.8) is 0 Å². The van der Waals surface area contributed by atoms with Crippen LogP contribution in [0.1, 0.15) is 38.3 Å². The first-order valence-corrected chi connectivity index (χ1v) is 7.59. The van der Waals surface area contributed by atoms with Crippen molar-refractivity contribution < 1.29 is 9.84 Å². The molecule has 1 aromatic carbocycles. The molecule has 110 valence electrons. The molecule has 0 radical (unpaired) electrons. The Morgan fingerprint density at radius 2 is 2.05 bits per heavy atom. The Kier molecular flexibility index (Phi) is 3.85. The van der Waals surface area contributed by atoms with Crippen LogP contribution in [-0.4, -0.2) is 41.8 Å². The average Bonchev–Trinajstić information content (AvgIpc) is 2.81. The number of benzene rings is 1. The molecule has 2 N–H and O–H groups in total. The molecule has 1 fully saturated rings. The lowest BCUT2D eigenvalue weighted by Gasteiger charge is -2.35. The lowest BCUT2D eigenvalue weighted by molar-refractivity contribution is 0.153. The lowest BCUT2D eigenvalue weighted by atomic mass is 10.0. The monoisotopic (exact) mass is 276 g/mol. The Balaban J connectivity index is 1.59. The molecule has 20 heavy (non-hydrogen) atoms. The third-order valence-electron chi connectivity index (χ3n) is 4.47. The van der Waals surface area contributed by atoms with Crippen LogP contribution in [0.4, 0.5) is 0 Å². The van der Waals surface area contributed by atoms with E-state index in [-0.39, 0.29) is 11.8 Å². The fraction of sp³-hybridized carbons (Fsp3) is 0.625. The van der Waals surface area contributed by atoms with Crippen molar-refractivity contribution in [2.75, 3.05) is 19.7 Å². The van der Waals surface area contributed by atoms with Crippen LogP contribution in [0, 0.1) is 0 Å². The Hall–Kier alpha value is -1.26. The van der Waals surface area contributed by atoms with Gasteiger partial charge in [0.25, 0.3) is 0 Å². The summed E-state index contributed by atoms with van der Waals surface area (Å²) in [5, 5.41) is 13.2. The van der Waals surface area contributed by atoms with E-state index in [0.717, 1.165) is 5.75 Å². The summed E-state index contributed by atoms with van der Waals surface area (Å²) in [6.07, 6.45) is 2.39. The summed E-state index contributed by atoms with van der Waals surface area (Å²) in [5.74, 6) is 1.09. The molecule has 4 nitrogen and oxygen atoms in total. The Bertz CT molecular complexity index is 468. The Morgan fingerprint density at radius 1 is 1.30 bits per heavy atom. The minimum Gasteiger partial charge on any atom is -0.508 e. The molecule has 4 heteroatoms. The summed E-state index contributed by atoms with van der Waals surface area (Å²) in [7, 11) is 0. The number of ether oxygens (including phenoxy) is 1. The average molecular weight is 276 g/mol. The maximum Gasteiger partial charge on any atom is 0.127 e. The van der Waals surface area contributed by atoms with E-state index in [9.17, 15) is 5.11 Å². The largest absolute Gasteiger partial charge is 0.508 e. The molecule has 0 bridgehead atoms. The van der Waals surface area contributed by atoms with Gasteiger partial charge in [-0.25, -0.2) is 0 Å². The molecule has 1 atom stereocenters. The molecule has 0 aliphatic carbocycles. The van der Waals surface area contributed by atoms with E-state index in [1.165, 1.54) is 31.5 Å². The second kappa shape index (κ2) is 5.62. The molecular formula is C16H24N2O2. The molecule has 2 heterocycles. The Labute approximate surface area is 120 Å². The van der Waals surface area contributed by atoms with Crippen LogP contribution in [0.2, 0.25) is 0 Å². The van der Waals surface area contributed by atoms with Crippen LogP contribution >= 0.6 is 0 Å². The van der Waals surface area contributed by atoms with E-state index in [2.05, 4.69) is 24.1 Å². The predicted octanol–water partition coefficient (Wildman–Crippen LogP) is 2.29. The summed E-state index contributed by atoms with van der Waals surface area (Å²) >= 11 is 0. The second-order valence-corrected chi connectivity index (χ2v) is 6.16. The summed E-state index contributed by atoms with van der Waals surface area (Å²) in [6.45, 7) is 7.54. The Morgan fingerprint density at radius 3 is 2.75 bits per heavy atom. The summed E-state index contributed by atoms with van der Waals surface area (Å²) in [4.78, 5) is 2.54. The maximum absolute atomic E-state index is 9.48. The minimum atomic E-state index is 0.265. The number of phenolic OH excluding ortho intramolecular Hbond substituents is 1. The molecule has 2 aliphatic rings. The fourth-order valence-corrected chi connectivity index (χ4v) is 3.20. The molecule has 1 aromatic rings. The van der Waals surface area contributed by atoms with Crippen LogP contribution in [-0.2, 0) is 0 Å². The van der Waals surface area contributed by atoms with Crippen LogP contribution in [0.25, 0.3) is 0 Å². The zero-order valence-corrected chi connectivity index (χ0v) is 12.3. The van der Waals surface area contributed by atoms with Crippen molar-refractivity contribution in [1.82, 2.24) is 10.2 Å². The second-order valence-electron chi connectivity index (χ2n) is 6.16. The van der Waals surface area contributed by atoms with E-state index in [1.807, 2.05) is 6.07 Å². The van der Waals surface area contributed by atoms with Crippen molar-refractivity contribution in [1.29, 1.82) is 0 Å². The number of hydrogen-bond acceptors (Lipinski definition) is 4. The van der Waals surface area contributed by atoms with E-state index < -0.39 is 0 Å². The molecule has 1 unspecified atom stereocenters. The van der Waals surface area contributed by atoms with Gasteiger partial charge in [0.15, 0.2) is 0 Å². The van der Waals surface area contributed by atoms with Gasteiger partial charge in [-0.1, -0.05) is 0 Å². The quantitative estimate of drug-likeness (QED) is 0.889. The first kappa shape index (κ1) is 13.7. The molecule has 2 aliphatic heterocycles. The minimum absolute atomic E-state index is 0.265. The number of likely N-dealkylation sites (tertiary alicyclic amines) is 1. The summed E-state index contributed by atoms with van der Waals surface area (Å²) in [6, 6.07) is 6.90. The van der Waals surface area contributed by atoms with Crippen molar-refractivity contribution in [3.8, 4) is 11.5 Å². The molecule has 3 rings (SSSR count). The number of piperidine rings is 1. The van der Waals surface area contributed by atoms with Crippen LogP contribution in [0.5, 0.6) is 11.5 Å².